The fraction of sp³-hybridized carbons (Fsp3) is 0.964. The van der Waals surface area contributed by atoms with Gasteiger partial charge >= 0.3 is 5.97 Å². The van der Waals surface area contributed by atoms with Crippen LogP contribution in [0.5, 0.6) is 0 Å². The Bertz CT molecular complexity index is 643. The van der Waals surface area contributed by atoms with Crippen LogP contribution in [0.3, 0.4) is 0 Å². The van der Waals surface area contributed by atoms with Crippen molar-refractivity contribution in [1.82, 2.24) is 0 Å². The summed E-state index contributed by atoms with van der Waals surface area (Å²) in [5.41, 5.74) is 0. The molecule has 0 spiro atoms. The summed E-state index contributed by atoms with van der Waals surface area (Å²) >= 11 is 0. The summed E-state index contributed by atoms with van der Waals surface area (Å²) in [5, 5.41) is 0. The van der Waals surface area contributed by atoms with E-state index in [9.17, 15) is 4.79 Å². The summed E-state index contributed by atoms with van der Waals surface area (Å²) in [6.07, 6.45) is 19.3. The third-order valence-corrected chi connectivity index (χ3v) is 10.3. The van der Waals surface area contributed by atoms with Crippen molar-refractivity contribution in [3.05, 3.63) is 0 Å². The van der Waals surface area contributed by atoms with Crippen LogP contribution in [-0.4, -0.2) is 12.6 Å². The molecule has 168 valence electrons. The minimum Gasteiger partial charge on any atom is -0.466 e. The van der Waals surface area contributed by atoms with Crippen LogP contribution in [-0.2, 0) is 9.53 Å². The van der Waals surface area contributed by atoms with Crippen LogP contribution < -0.4 is 0 Å². The van der Waals surface area contributed by atoms with E-state index in [0.29, 0.717) is 13.0 Å². The van der Waals surface area contributed by atoms with Gasteiger partial charge in [0.15, 0.2) is 0 Å². The zero-order valence-corrected chi connectivity index (χ0v) is 19.3. The van der Waals surface area contributed by atoms with Gasteiger partial charge in [0.2, 0.25) is 0 Å². The molecule has 1 saturated heterocycles. The van der Waals surface area contributed by atoms with E-state index in [4.69, 9.17) is 4.74 Å². The van der Waals surface area contributed by atoms with Gasteiger partial charge < -0.3 is 4.74 Å². The van der Waals surface area contributed by atoms with Gasteiger partial charge in [-0.2, -0.15) is 0 Å². The molecule has 0 aromatic carbocycles. The summed E-state index contributed by atoms with van der Waals surface area (Å²) in [5.74, 6) is 11.4. The highest BCUT2D eigenvalue weighted by atomic mass is 16.5. The highest BCUT2D eigenvalue weighted by molar-refractivity contribution is 5.69. The van der Waals surface area contributed by atoms with Crippen molar-refractivity contribution in [2.75, 3.05) is 6.61 Å². The number of carbonyl (C=O) groups is 1. The molecule has 6 rings (SSSR count). The molecular weight excluding hydrogens is 368 g/mol. The van der Waals surface area contributed by atoms with Crippen molar-refractivity contribution in [3.63, 3.8) is 0 Å². The van der Waals surface area contributed by atoms with Gasteiger partial charge in [-0.3, -0.25) is 4.79 Å². The lowest BCUT2D eigenvalue weighted by molar-refractivity contribution is -0.144. The maximum absolute atomic E-state index is 12.1. The van der Waals surface area contributed by atoms with E-state index < -0.39 is 0 Å². The van der Waals surface area contributed by atoms with Crippen molar-refractivity contribution in [3.8, 4) is 0 Å². The molecule has 30 heavy (non-hydrogen) atoms. The van der Waals surface area contributed by atoms with Gasteiger partial charge in [-0.15, -0.1) is 0 Å². The molecule has 0 aromatic heterocycles. The lowest BCUT2D eigenvalue weighted by atomic mass is 9.97. The van der Waals surface area contributed by atoms with E-state index >= 15 is 0 Å². The zero-order chi connectivity index (χ0) is 20.2. The highest BCUT2D eigenvalue weighted by Crippen LogP contribution is 2.61. The SMILES string of the molecule is CC1CCCOC(=O)CCC2CC2CC2CC2CC2CC2CC2CC2CC2CC2C1. The summed E-state index contributed by atoms with van der Waals surface area (Å²) in [6.45, 7) is 3.07. The van der Waals surface area contributed by atoms with Crippen LogP contribution >= 0.6 is 0 Å². The molecule has 0 N–H and O–H groups in total. The fourth-order valence-electron chi connectivity index (χ4n) is 7.69. The molecule has 1 heterocycles. The van der Waals surface area contributed by atoms with Crippen LogP contribution in [0.25, 0.3) is 0 Å². The molecule has 5 saturated carbocycles. The fourth-order valence-corrected chi connectivity index (χ4v) is 7.69. The molecule has 2 heteroatoms. The lowest BCUT2D eigenvalue weighted by Crippen LogP contribution is -2.08. The molecule has 2 nitrogen and oxygen atoms in total. The van der Waals surface area contributed by atoms with Gasteiger partial charge in [0, 0.05) is 6.42 Å². The number of hydrogen-bond donors (Lipinski definition) is 0. The van der Waals surface area contributed by atoms with Crippen molar-refractivity contribution in [1.29, 1.82) is 0 Å². The molecule has 0 bridgehead atoms. The lowest BCUT2D eigenvalue weighted by Gasteiger charge is -2.11. The standard InChI is InChI=1S/C28H44O2/c1-17-3-2-6-30-28(29)5-4-18-8-20(18)10-22-12-24(22)14-26-16-27(26)15-25-13-23(25)11-21-9-19(21)7-17/h17-27H,2-16H2,1H3. The van der Waals surface area contributed by atoms with E-state index in [-0.39, 0.29) is 5.97 Å². The van der Waals surface area contributed by atoms with Crippen LogP contribution in [0.1, 0.15) is 96.8 Å². The summed E-state index contributed by atoms with van der Waals surface area (Å²) in [7, 11) is 0. The predicted octanol–water partition coefficient (Wildman–Crippen LogP) is 6.87. The second-order valence-electron chi connectivity index (χ2n) is 13.0. The maximum atomic E-state index is 12.1. The van der Waals surface area contributed by atoms with Gasteiger partial charge in [0.25, 0.3) is 0 Å². The van der Waals surface area contributed by atoms with E-state index in [2.05, 4.69) is 6.92 Å². The summed E-state index contributed by atoms with van der Waals surface area (Å²) in [4.78, 5) is 12.1. The molecule has 0 radical (unpaired) electrons. The van der Waals surface area contributed by atoms with E-state index in [1.54, 1.807) is 32.1 Å². The number of fused-ring (bicyclic) bond motifs is 5. The molecule has 6 fully saturated rings. The van der Waals surface area contributed by atoms with Gasteiger partial charge in [-0.05, 0) is 149 Å². The molecule has 6 aliphatic rings. The second kappa shape index (κ2) is 8.11. The van der Waals surface area contributed by atoms with E-state index in [1.165, 1.54) is 38.5 Å². The first-order valence-corrected chi connectivity index (χ1v) is 13.8. The van der Waals surface area contributed by atoms with Crippen molar-refractivity contribution in [2.45, 2.75) is 96.8 Å². The predicted molar refractivity (Wildman–Crippen MR) is 120 cm³/mol. The average molecular weight is 413 g/mol. The van der Waals surface area contributed by atoms with Crippen molar-refractivity contribution in [2.24, 2.45) is 65.1 Å². The number of esters is 1. The Morgan fingerprint density at radius 3 is 1.47 bits per heavy atom. The third kappa shape index (κ3) is 5.09. The quantitative estimate of drug-likeness (QED) is 0.406. The van der Waals surface area contributed by atoms with Crippen LogP contribution in [0, 0.1) is 65.1 Å². The number of cyclic esters (lactones) is 1. The molecular formula is C28H44O2. The Morgan fingerprint density at radius 2 is 0.967 bits per heavy atom. The highest BCUT2D eigenvalue weighted by Gasteiger charge is 2.52. The molecule has 11 unspecified atom stereocenters. The first-order valence-electron chi connectivity index (χ1n) is 13.8. The molecule has 11 atom stereocenters. The molecule has 1 aliphatic heterocycles. The van der Waals surface area contributed by atoms with Crippen LogP contribution in [0.4, 0.5) is 0 Å². The van der Waals surface area contributed by atoms with Gasteiger partial charge in [0.05, 0.1) is 6.61 Å². The number of carbonyl (C=O) groups excluding carboxylic acids is 1. The monoisotopic (exact) mass is 412 g/mol. The molecule has 5 aliphatic carbocycles. The zero-order valence-electron chi connectivity index (χ0n) is 19.3. The molecule has 0 aromatic rings. The minimum atomic E-state index is 0.0667. The minimum absolute atomic E-state index is 0.0667. The van der Waals surface area contributed by atoms with E-state index in [1.807, 2.05) is 0 Å². The van der Waals surface area contributed by atoms with Crippen LogP contribution in [0.15, 0.2) is 0 Å². The smallest absolute Gasteiger partial charge is 0.305 e. The van der Waals surface area contributed by atoms with Gasteiger partial charge in [0.1, 0.15) is 0 Å². The van der Waals surface area contributed by atoms with Gasteiger partial charge in [-0.1, -0.05) is 6.92 Å². The number of ether oxygens (including phenoxy) is 1. The van der Waals surface area contributed by atoms with Gasteiger partial charge in [-0.25, -0.2) is 0 Å². The number of rotatable bonds is 0. The number of hydrogen-bond acceptors (Lipinski definition) is 2. The second-order valence-corrected chi connectivity index (χ2v) is 13.0. The van der Waals surface area contributed by atoms with Crippen molar-refractivity contribution >= 4 is 5.97 Å². The normalized spacial score (nSPS) is 53.5. The average Bonchev–Trinajstić information content (AvgIpc) is 3.50. The molecule has 0 amide bonds. The topological polar surface area (TPSA) is 26.3 Å². The Hall–Kier alpha value is -0.530. The Kier molecular flexibility index (Phi) is 5.43. The van der Waals surface area contributed by atoms with E-state index in [0.717, 1.165) is 77.9 Å². The summed E-state index contributed by atoms with van der Waals surface area (Å²) < 4.78 is 5.55. The first-order chi connectivity index (χ1) is 14.6. The Labute approximate surface area is 184 Å². The maximum Gasteiger partial charge on any atom is 0.305 e. The third-order valence-electron chi connectivity index (χ3n) is 10.3. The van der Waals surface area contributed by atoms with Crippen molar-refractivity contribution < 1.29 is 9.53 Å². The first kappa shape index (κ1) is 20.1. The Morgan fingerprint density at radius 1 is 0.567 bits per heavy atom. The Balaban J connectivity index is 0.981. The summed E-state index contributed by atoms with van der Waals surface area (Å²) in [6, 6.07) is 0. The largest absolute Gasteiger partial charge is 0.466 e. The van der Waals surface area contributed by atoms with Crippen LogP contribution in [0.2, 0.25) is 0 Å².